The summed E-state index contributed by atoms with van der Waals surface area (Å²) < 4.78 is 0. The van der Waals surface area contributed by atoms with Crippen LogP contribution in [0.5, 0.6) is 0 Å². The Kier molecular flexibility index (Phi) is 2.29. The average Bonchev–Trinajstić information content (AvgIpc) is 2.62. The number of para-hydroxylation sites is 1. The van der Waals surface area contributed by atoms with Gasteiger partial charge < -0.3 is 10.7 Å². The van der Waals surface area contributed by atoms with Crippen molar-refractivity contribution in [3.63, 3.8) is 0 Å². The molecule has 3 heteroatoms. The number of benzene rings is 1. The molecule has 3 nitrogen and oxygen atoms in total. The van der Waals surface area contributed by atoms with E-state index in [-0.39, 0.29) is 0 Å². The molecule has 2 rings (SSSR count). The molecule has 0 atom stereocenters. The summed E-state index contributed by atoms with van der Waals surface area (Å²) >= 11 is 0. The maximum atomic E-state index is 10.9. The molecule has 0 fully saturated rings. The molecule has 0 saturated heterocycles. The Morgan fingerprint density at radius 2 is 2.13 bits per heavy atom. The fourth-order valence-electron chi connectivity index (χ4n) is 1.59. The fraction of sp³-hybridized carbons (Fsp3) is 0.0833. The van der Waals surface area contributed by atoms with Crippen molar-refractivity contribution in [1.82, 2.24) is 4.98 Å². The van der Waals surface area contributed by atoms with Crippen LogP contribution in [0.3, 0.4) is 0 Å². The maximum Gasteiger partial charge on any atom is 0.244 e. The molecular weight excluding hydrogens is 188 g/mol. The van der Waals surface area contributed by atoms with E-state index in [1.165, 1.54) is 0 Å². The van der Waals surface area contributed by atoms with Crippen molar-refractivity contribution < 1.29 is 4.79 Å². The number of hydrogen-bond acceptors (Lipinski definition) is 1. The monoisotopic (exact) mass is 200 g/mol. The lowest BCUT2D eigenvalue weighted by atomic mass is 10.1. The van der Waals surface area contributed by atoms with Crippen LogP contribution in [0.2, 0.25) is 0 Å². The van der Waals surface area contributed by atoms with Crippen LogP contribution in [0.1, 0.15) is 5.56 Å². The molecule has 0 spiro atoms. The van der Waals surface area contributed by atoms with Gasteiger partial charge in [0, 0.05) is 29.1 Å². The van der Waals surface area contributed by atoms with Crippen molar-refractivity contribution in [2.75, 3.05) is 0 Å². The molecule has 0 bridgehead atoms. The Bertz CT molecular complexity index is 525. The Labute approximate surface area is 87.6 Å². The van der Waals surface area contributed by atoms with Gasteiger partial charge in [-0.05, 0) is 11.6 Å². The molecule has 0 aliphatic carbocycles. The van der Waals surface area contributed by atoms with E-state index >= 15 is 0 Å². The third kappa shape index (κ3) is 1.76. The number of fused-ring (bicyclic) bond motifs is 1. The van der Waals surface area contributed by atoms with Gasteiger partial charge in [-0.2, -0.15) is 0 Å². The number of rotatable bonds is 3. The summed E-state index contributed by atoms with van der Waals surface area (Å²) in [7, 11) is 0. The highest BCUT2D eigenvalue weighted by molar-refractivity contribution is 5.93. The molecule has 0 radical (unpaired) electrons. The van der Waals surface area contributed by atoms with Gasteiger partial charge in [0.1, 0.15) is 0 Å². The number of carbonyl (C=O) groups excluding carboxylic acids is 1. The summed E-state index contributed by atoms with van der Waals surface area (Å²) in [6.07, 6.45) is 2.39. The van der Waals surface area contributed by atoms with Gasteiger partial charge in [-0.1, -0.05) is 24.8 Å². The number of carbonyl (C=O) groups is 1. The van der Waals surface area contributed by atoms with Gasteiger partial charge in [-0.3, -0.25) is 4.79 Å². The van der Waals surface area contributed by atoms with E-state index in [4.69, 9.17) is 5.73 Å². The summed E-state index contributed by atoms with van der Waals surface area (Å²) in [6.45, 7) is 3.65. The van der Waals surface area contributed by atoms with Crippen molar-refractivity contribution in [3.8, 4) is 0 Å². The second-order valence-electron chi connectivity index (χ2n) is 3.50. The SMILES string of the molecule is C=C(Cc1c[nH]c2ccccc12)C(N)=O. The zero-order valence-electron chi connectivity index (χ0n) is 8.29. The topological polar surface area (TPSA) is 58.9 Å². The lowest BCUT2D eigenvalue weighted by molar-refractivity contribution is -0.114. The second kappa shape index (κ2) is 3.61. The van der Waals surface area contributed by atoms with Crippen molar-refractivity contribution in [3.05, 3.63) is 48.2 Å². The van der Waals surface area contributed by atoms with E-state index < -0.39 is 5.91 Å². The van der Waals surface area contributed by atoms with Crippen molar-refractivity contribution in [2.45, 2.75) is 6.42 Å². The van der Waals surface area contributed by atoms with Crippen molar-refractivity contribution in [1.29, 1.82) is 0 Å². The van der Waals surface area contributed by atoms with Crippen molar-refractivity contribution in [2.24, 2.45) is 5.73 Å². The highest BCUT2D eigenvalue weighted by Crippen LogP contribution is 2.19. The summed E-state index contributed by atoms with van der Waals surface area (Å²) in [5, 5.41) is 1.11. The number of aromatic amines is 1. The van der Waals surface area contributed by atoms with Gasteiger partial charge in [0.15, 0.2) is 0 Å². The number of aromatic nitrogens is 1. The molecule has 1 aromatic carbocycles. The predicted octanol–water partition coefficient (Wildman–Crippen LogP) is 1.75. The van der Waals surface area contributed by atoms with E-state index in [0.29, 0.717) is 12.0 Å². The minimum Gasteiger partial charge on any atom is -0.366 e. The Morgan fingerprint density at radius 1 is 1.40 bits per heavy atom. The van der Waals surface area contributed by atoms with Gasteiger partial charge in [-0.25, -0.2) is 0 Å². The number of hydrogen-bond donors (Lipinski definition) is 2. The summed E-state index contributed by atoms with van der Waals surface area (Å²) in [5.74, 6) is -0.444. The molecule has 15 heavy (non-hydrogen) atoms. The average molecular weight is 200 g/mol. The minimum absolute atomic E-state index is 0.430. The van der Waals surface area contributed by atoms with E-state index in [2.05, 4.69) is 11.6 Å². The van der Waals surface area contributed by atoms with Gasteiger partial charge in [0.05, 0.1) is 0 Å². The molecule has 1 aromatic heterocycles. The van der Waals surface area contributed by atoms with E-state index in [0.717, 1.165) is 16.5 Å². The van der Waals surface area contributed by atoms with Crippen LogP contribution in [0, 0.1) is 0 Å². The summed E-state index contributed by atoms with van der Waals surface area (Å²) in [4.78, 5) is 14.0. The molecule has 0 unspecified atom stereocenters. The van der Waals surface area contributed by atoms with Gasteiger partial charge >= 0.3 is 0 Å². The summed E-state index contributed by atoms with van der Waals surface area (Å²) in [5.41, 5.74) is 7.69. The smallest absolute Gasteiger partial charge is 0.244 e. The first kappa shape index (κ1) is 9.52. The predicted molar refractivity (Wildman–Crippen MR) is 60.3 cm³/mol. The molecule has 0 saturated carbocycles. The first-order valence-electron chi connectivity index (χ1n) is 4.71. The Morgan fingerprint density at radius 3 is 2.87 bits per heavy atom. The summed E-state index contributed by atoms with van der Waals surface area (Å²) in [6, 6.07) is 7.93. The zero-order chi connectivity index (χ0) is 10.8. The highest BCUT2D eigenvalue weighted by atomic mass is 16.1. The van der Waals surface area contributed by atoms with Crippen LogP contribution in [0.15, 0.2) is 42.6 Å². The number of primary amides is 1. The first-order chi connectivity index (χ1) is 7.18. The number of H-pyrrole nitrogens is 1. The van der Waals surface area contributed by atoms with Crippen LogP contribution in [0.4, 0.5) is 0 Å². The Hall–Kier alpha value is -2.03. The second-order valence-corrected chi connectivity index (χ2v) is 3.50. The van der Waals surface area contributed by atoms with E-state index in [9.17, 15) is 4.79 Å². The van der Waals surface area contributed by atoms with E-state index in [1.807, 2.05) is 30.5 Å². The Balaban J connectivity index is 2.37. The van der Waals surface area contributed by atoms with E-state index in [1.54, 1.807) is 0 Å². The molecule has 1 heterocycles. The normalized spacial score (nSPS) is 10.4. The third-order valence-electron chi connectivity index (χ3n) is 2.43. The lowest BCUT2D eigenvalue weighted by Crippen LogP contribution is -2.14. The third-order valence-corrected chi connectivity index (χ3v) is 2.43. The number of nitrogens with one attached hydrogen (secondary N) is 1. The standard InChI is InChI=1S/C12H12N2O/c1-8(12(13)15)6-9-7-14-11-5-3-2-4-10(9)11/h2-5,7,14H,1,6H2,(H2,13,15). The number of amides is 1. The van der Waals surface area contributed by atoms with Gasteiger partial charge in [0.25, 0.3) is 0 Å². The number of nitrogens with two attached hydrogens (primary N) is 1. The molecule has 0 aliphatic rings. The quantitative estimate of drug-likeness (QED) is 0.728. The van der Waals surface area contributed by atoms with Crippen molar-refractivity contribution >= 4 is 16.8 Å². The molecule has 0 aliphatic heterocycles. The fourth-order valence-corrected chi connectivity index (χ4v) is 1.59. The zero-order valence-corrected chi connectivity index (χ0v) is 8.29. The molecule has 1 amide bonds. The van der Waals surface area contributed by atoms with Crippen LogP contribution in [-0.4, -0.2) is 10.9 Å². The van der Waals surface area contributed by atoms with Crippen LogP contribution < -0.4 is 5.73 Å². The van der Waals surface area contributed by atoms with Crippen LogP contribution >= 0.6 is 0 Å². The lowest BCUT2D eigenvalue weighted by Gasteiger charge is -1.99. The first-order valence-corrected chi connectivity index (χ1v) is 4.71. The minimum atomic E-state index is -0.444. The molecule has 3 N–H and O–H groups in total. The largest absolute Gasteiger partial charge is 0.366 e. The van der Waals surface area contributed by atoms with Gasteiger partial charge in [0.2, 0.25) is 5.91 Å². The van der Waals surface area contributed by atoms with Crippen LogP contribution in [0.25, 0.3) is 10.9 Å². The molecular formula is C12H12N2O. The molecule has 2 aromatic rings. The maximum absolute atomic E-state index is 10.9. The molecule has 76 valence electrons. The highest BCUT2D eigenvalue weighted by Gasteiger charge is 2.07. The van der Waals surface area contributed by atoms with Crippen LogP contribution in [-0.2, 0) is 11.2 Å². The van der Waals surface area contributed by atoms with Gasteiger partial charge in [-0.15, -0.1) is 0 Å².